The number of aryl methyl sites for hydroxylation is 1. The third kappa shape index (κ3) is 5.99. The van der Waals surface area contributed by atoms with E-state index in [0.29, 0.717) is 27.7 Å². The second-order valence-electron chi connectivity index (χ2n) is 11.1. The molecule has 0 saturated carbocycles. The number of nitrogens with one attached hydrogen (secondary N) is 2. The fourth-order valence-corrected chi connectivity index (χ4v) is 5.65. The average molecular weight is 561 g/mol. The number of fused-ring (bicyclic) bond motifs is 1. The highest BCUT2D eigenvalue weighted by molar-refractivity contribution is 6.22. The number of benzene rings is 3. The number of aliphatic imine (C=N–C) groups is 1. The van der Waals surface area contributed by atoms with E-state index in [2.05, 4.69) is 32.4 Å². The number of rotatable bonds is 8. The van der Waals surface area contributed by atoms with Crippen LogP contribution in [0.4, 0.5) is 5.69 Å². The van der Waals surface area contributed by atoms with Gasteiger partial charge < -0.3 is 15.4 Å². The molecule has 3 heterocycles. The minimum atomic E-state index is -0.191. The predicted octanol–water partition coefficient (Wildman–Crippen LogP) is 6.25. The second kappa shape index (κ2) is 12.0. The van der Waals surface area contributed by atoms with Crippen LogP contribution in [0, 0.1) is 0 Å². The zero-order chi connectivity index (χ0) is 29.1. The molecule has 2 aromatic heterocycles. The van der Waals surface area contributed by atoms with Gasteiger partial charge in [0.2, 0.25) is 0 Å². The van der Waals surface area contributed by atoms with Gasteiger partial charge in [-0.25, -0.2) is 4.99 Å². The lowest BCUT2D eigenvalue weighted by Gasteiger charge is -2.26. The quantitative estimate of drug-likeness (QED) is 0.195. The topological polar surface area (TPSA) is 98.5 Å². The Morgan fingerprint density at radius 2 is 1.79 bits per heavy atom. The van der Waals surface area contributed by atoms with E-state index in [4.69, 9.17) is 4.99 Å². The van der Waals surface area contributed by atoms with Gasteiger partial charge in [-0.15, -0.1) is 0 Å². The number of aromatic amines is 1. The van der Waals surface area contributed by atoms with E-state index in [1.807, 2.05) is 74.8 Å². The van der Waals surface area contributed by atoms with Crippen molar-refractivity contribution in [2.45, 2.75) is 38.8 Å². The summed E-state index contributed by atoms with van der Waals surface area (Å²) in [6.07, 6.45) is 7.46. The maximum Gasteiger partial charge on any atom is 0.251 e. The van der Waals surface area contributed by atoms with Crippen LogP contribution in [0.1, 0.15) is 64.8 Å². The molecule has 1 aliphatic heterocycles. The van der Waals surface area contributed by atoms with Crippen molar-refractivity contribution in [3.63, 3.8) is 0 Å². The Morgan fingerprint density at radius 1 is 1.02 bits per heavy atom. The zero-order valence-corrected chi connectivity index (χ0v) is 24.0. The molecule has 8 heteroatoms. The third-order valence-electron chi connectivity index (χ3n) is 7.94. The smallest absolute Gasteiger partial charge is 0.251 e. The fourth-order valence-electron chi connectivity index (χ4n) is 5.65. The normalized spacial score (nSPS) is 15.1. The molecule has 6 rings (SSSR count). The standard InChI is InChI=1S/C34H36N6O2/c1-23(25-9-5-3-6-10-25)36-33(41)26-13-16-30-29(19-26)31(34(42)38-30)32(27-20-35-39(2)22-27)37-28-14-11-24(12-15-28)21-40-17-7-4-8-18-40/h3,5-6,9-16,19-20,22-23,38,42H,4,7-8,17-18,21H2,1-2H3,(H,36,41). The number of nitrogens with zero attached hydrogens (tertiary/aromatic N) is 4. The molecule has 8 nitrogen and oxygen atoms in total. The van der Waals surface area contributed by atoms with Crippen LogP contribution in [0.2, 0.25) is 0 Å². The van der Waals surface area contributed by atoms with Crippen LogP contribution in [-0.4, -0.2) is 49.5 Å². The molecule has 0 bridgehead atoms. The third-order valence-corrected chi connectivity index (χ3v) is 7.94. The number of amides is 1. The summed E-state index contributed by atoms with van der Waals surface area (Å²) in [6.45, 7) is 5.20. The van der Waals surface area contributed by atoms with Gasteiger partial charge in [0.1, 0.15) is 0 Å². The molecule has 42 heavy (non-hydrogen) atoms. The average Bonchev–Trinajstić information content (AvgIpc) is 3.59. The van der Waals surface area contributed by atoms with Crippen molar-refractivity contribution in [3.8, 4) is 5.88 Å². The molecule has 3 N–H and O–H groups in total. The van der Waals surface area contributed by atoms with Gasteiger partial charge in [-0.3, -0.25) is 14.4 Å². The Labute approximate surface area is 245 Å². The number of carbonyl (C=O) groups is 1. The molecule has 1 unspecified atom stereocenters. The number of aromatic nitrogens is 3. The van der Waals surface area contributed by atoms with E-state index in [-0.39, 0.29) is 17.8 Å². The lowest BCUT2D eigenvalue weighted by Crippen LogP contribution is -2.28. The molecule has 3 aromatic carbocycles. The first-order valence-corrected chi connectivity index (χ1v) is 14.5. The highest BCUT2D eigenvalue weighted by Crippen LogP contribution is 2.32. The summed E-state index contributed by atoms with van der Waals surface area (Å²) in [5.74, 6) is -0.200. The van der Waals surface area contributed by atoms with E-state index in [1.54, 1.807) is 16.9 Å². The van der Waals surface area contributed by atoms with Crippen molar-refractivity contribution in [2.24, 2.45) is 12.0 Å². The summed E-state index contributed by atoms with van der Waals surface area (Å²) in [6, 6.07) is 23.4. The van der Waals surface area contributed by atoms with Gasteiger partial charge >= 0.3 is 0 Å². The maximum atomic E-state index is 13.3. The minimum Gasteiger partial charge on any atom is -0.494 e. The van der Waals surface area contributed by atoms with Crippen LogP contribution in [0.15, 0.2) is 90.2 Å². The monoisotopic (exact) mass is 560 g/mol. The highest BCUT2D eigenvalue weighted by atomic mass is 16.3. The lowest BCUT2D eigenvalue weighted by atomic mass is 10.0. The molecule has 1 aliphatic rings. The Kier molecular flexibility index (Phi) is 7.88. The molecule has 5 aromatic rings. The van der Waals surface area contributed by atoms with E-state index in [1.165, 1.54) is 24.8 Å². The fraction of sp³-hybridized carbons (Fsp3) is 0.265. The number of likely N-dealkylation sites (tertiary alicyclic amines) is 1. The van der Waals surface area contributed by atoms with Gasteiger partial charge in [-0.2, -0.15) is 5.10 Å². The molecular weight excluding hydrogens is 524 g/mol. The van der Waals surface area contributed by atoms with Gasteiger partial charge in [0.25, 0.3) is 5.91 Å². The number of hydrogen-bond donors (Lipinski definition) is 3. The molecule has 0 radical (unpaired) electrons. The molecular formula is C34H36N6O2. The summed E-state index contributed by atoms with van der Waals surface area (Å²) in [5, 5.41) is 19.3. The Morgan fingerprint density at radius 3 is 2.50 bits per heavy atom. The van der Waals surface area contributed by atoms with Crippen LogP contribution in [0.25, 0.3) is 10.9 Å². The summed E-state index contributed by atoms with van der Waals surface area (Å²) in [7, 11) is 1.85. The van der Waals surface area contributed by atoms with Crippen molar-refractivity contribution in [2.75, 3.05) is 13.1 Å². The summed E-state index contributed by atoms with van der Waals surface area (Å²) >= 11 is 0. The van der Waals surface area contributed by atoms with Crippen molar-refractivity contribution in [1.82, 2.24) is 25.0 Å². The lowest BCUT2D eigenvalue weighted by molar-refractivity contribution is 0.0940. The van der Waals surface area contributed by atoms with Gasteiger partial charge in [-0.1, -0.05) is 48.9 Å². The highest BCUT2D eigenvalue weighted by Gasteiger charge is 2.22. The number of piperidine rings is 1. The SMILES string of the molecule is CC(NC(=O)c1ccc2[nH]c(O)c(C(=Nc3ccc(CN4CCCCC4)cc3)c3cnn(C)c3)c2c1)c1ccccc1. The van der Waals surface area contributed by atoms with E-state index in [0.717, 1.165) is 36.4 Å². The summed E-state index contributed by atoms with van der Waals surface area (Å²) in [5.41, 5.74) is 6.14. The van der Waals surface area contributed by atoms with Gasteiger partial charge in [-0.05, 0) is 74.3 Å². The Bertz CT molecular complexity index is 1710. The van der Waals surface area contributed by atoms with Crippen LogP contribution in [-0.2, 0) is 13.6 Å². The molecule has 214 valence electrons. The molecule has 0 aliphatic carbocycles. The maximum absolute atomic E-state index is 13.3. The van der Waals surface area contributed by atoms with E-state index >= 15 is 0 Å². The minimum absolute atomic E-state index is 0.00969. The van der Waals surface area contributed by atoms with Crippen LogP contribution >= 0.6 is 0 Å². The Balaban J connectivity index is 1.34. The summed E-state index contributed by atoms with van der Waals surface area (Å²) in [4.78, 5) is 23.9. The van der Waals surface area contributed by atoms with Crippen molar-refractivity contribution in [1.29, 1.82) is 0 Å². The Hall–Kier alpha value is -4.69. The summed E-state index contributed by atoms with van der Waals surface area (Å²) < 4.78 is 1.71. The largest absolute Gasteiger partial charge is 0.494 e. The van der Waals surface area contributed by atoms with Crippen molar-refractivity contribution in [3.05, 3.63) is 113 Å². The van der Waals surface area contributed by atoms with Crippen molar-refractivity contribution >= 4 is 28.2 Å². The molecule has 1 amide bonds. The van der Waals surface area contributed by atoms with E-state index < -0.39 is 0 Å². The number of hydrogen-bond acceptors (Lipinski definition) is 5. The van der Waals surface area contributed by atoms with Crippen LogP contribution in [0.5, 0.6) is 5.88 Å². The first kappa shape index (κ1) is 27.5. The first-order valence-electron chi connectivity index (χ1n) is 14.5. The first-order chi connectivity index (χ1) is 20.4. The number of carbonyl (C=O) groups excluding carboxylic acids is 1. The zero-order valence-electron chi connectivity index (χ0n) is 24.0. The molecule has 1 saturated heterocycles. The molecule has 0 spiro atoms. The number of H-pyrrole nitrogens is 1. The van der Waals surface area contributed by atoms with E-state index in [9.17, 15) is 9.90 Å². The van der Waals surface area contributed by atoms with Crippen LogP contribution < -0.4 is 5.32 Å². The van der Waals surface area contributed by atoms with Crippen molar-refractivity contribution < 1.29 is 9.90 Å². The van der Waals surface area contributed by atoms with Gasteiger partial charge in [0.15, 0.2) is 5.88 Å². The second-order valence-corrected chi connectivity index (χ2v) is 11.1. The molecule has 1 fully saturated rings. The number of aromatic hydroxyl groups is 1. The predicted molar refractivity (Wildman–Crippen MR) is 166 cm³/mol. The van der Waals surface area contributed by atoms with Gasteiger partial charge in [0, 0.05) is 41.8 Å². The van der Waals surface area contributed by atoms with Crippen LogP contribution in [0.3, 0.4) is 0 Å². The molecule has 1 atom stereocenters. The van der Waals surface area contributed by atoms with Gasteiger partial charge in [0.05, 0.1) is 29.2 Å².